The van der Waals surface area contributed by atoms with Crippen LogP contribution in [-0.2, 0) is 0 Å². The summed E-state index contributed by atoms with van der Waals surface area (Å²) in [5.41, 5.74) is 0. The molecule has 0 aliphatic heterocycles. The molecule has 0 amide bonds. The van der Waals surface area contributed by atoms with Crippen molar-refractivity contribution in [3.8, 4) is 6.07 Å². The molecule has 1 saturated carbocycles. The topological polar surface area (TPSA) is 23.8 Å². The van der Waals surface area contributed by atoms with Crippen LogP contribution in [0.3, 0.4) is 0 Å². The number of nitriles is 1. The molecule has 1 rings (SSSR count). The van der Waals surface area contributed by atoms with Crippen molar-refractivity contribution in [1.29, 1.82) is 5.26 Å². The van der Waals surface area contributed by atoms with Gasteiger partial charge in [-0.1, -0.05) is 26.7 Å². The second-order valence-electron chi connectivity index (χ2n) is 3.95. The van der Waals surface area contributed by atoms with E-state index in [1.54, 1.807) is 0 Å². The molecule has 1 aliphatic carbocycles. The molecule has 0 aromatic heterocycles. The number of rotatable bonds is 0. The first-order valence-corrected chi connectivity index (χ1v) is 4.63. The van der Waals surface area contributed by atoms with E-state index >= 15 is 0 Å². The van der Waals surface area contributed by atoms with Crippen molar-refractivity contribution in [1.82, 2.24) is 0 Å². The standard InChI is InChI=1S/C10H17N/c1-8-4-3-5-10(7-11)6-9(8)2/h8-10H,3-6H2,1-2H3. The van der Waals surface area contributed by atoms with Crippen LogP contribution in [0.5, 0.6) is 0 Å². The van der Waals surface area contributed by atoms with Crippen LogP contribution >= 0.6 is 0 Å². The highest BCUT2D eigenvalue weighted by Gasteiger charge is 2.21. The Morgan fingerprint density at radius 1 is 1.18 bits per heavy atom. The summed E-state index contributed by atoms with van der Waals surface area (Å²) in [5.74, 6) is 1.92. The van der Waals surface area contributed by atoms with Gasteiger partial charge in [-0.05, 0) is 24.7 Å². The van der Waals surface area contributed by atoms with Gasteiger partial charge >= 0.3 is 0 Å². The molecular weight excluding hydrogens is 134 g/mol. The van der Waals surface area contributed by atoms with Gasteiger partial charge in [-0.15, -0.1) is 0 Å². The van der Waals surface area contributed by atoms with E-state index in [0.29, 0.717) is 5.92 Å². The average molecular weight is 151 g/mol. The molecule has 1 aliphatic rings. The molecule has 11 heavy (non-hydrogen) atoms. The Hall–Kier alpha value is -0.510. The summed E-state index contributed by atoms with van der Waals surface area (Å²) in [4.78, 5) is 0. The second-order valence-corrected chi connectivity index (χ2v) is 3.95. The zero-order valence-corrected chi connectivity index (χ0v) is 7.51. The van der Waals surface area contributed by atoms with Crippen LogP contribution < -0.4 is 0 Å². The molecule has 0 heterocycles. The van der Waals surface area contributed by atoms with Gasteiger partial charge in [0, 0.05) is 5.92 Å². The fourth-order valence-electron chi connectivity index (χ4n) is 1.89. The number of hydrogen-bond donors (Lipinski definition) is 0. The Balaban J connectivity index is 2.49. The summed E-state index contributed by atoms with van der Waals surface area (Å²) >= 11 is 0. The molecule has 62 valence electrons. The third kappa shape index (κ3) is 2.22. The van der Waals surface area contributed by atoms with Crippen molar-refractivity contribution in [3.05, 3.63) is 0 Å². The van der Waals surface area contributed by atoms with Crippen molar-refractivity contribution in [2.75, 3.05) is 0 Å². The minimum Gasteiger partial charge on any atom is -0.198 e. The van der Waals surface area contributed by atoms with E-state index in [1.807, 2.05) is 0 Å². The lowest BCUT2D eigenvalue weighted by Gasteiger charge is -2.16. The third-order valence-corrected chi connectivity index (χ3v) is 3.02. The summed E-state index contributed by atoms with van der Waals surface area (Å²) in [5, 5.41) is 8.77. The Morgan fingerprint density at radius 2 is 1.91 bits per heavy atom. The van der Waals surface area contributed by atoms with Crippen molar-refractivity contribution >= 4 is 0 Å². The first kappa shape index (κ1) is 8.59. The van der Waals surface area contributed by atoms with E-state index in [9.17, 15) is 0 Å². The molecule has 1 nitrogen and oxygen atoms in total. The molecule has 0 bridgehead atoms. The van der Waals surface area contributed by atoms with Crippen molar-refractivity contribution in [2.24, 2.45) is 17.8 Å². The second kappa shape index (κ2) is 3.76. The van der Waals surface area contributed by atoms with Crippen LogP contribution in [0.15, 0.2) is 0 Å². The van der Waals surface area contributed by atoms with Gasteiger partial charge in [-0.2, -0.15) is 5.26 Å². The molecule has 0 N–H and O–H groups in total. The molecule has 3 atom stereocenters. The first-order chi connectivity index (χ1) is 5.24. The van der Waals surface area contributed by atoms with E-state index in [2.05, 4.69) is 19.9 Å². The Labute approximate surface area is 69.4 Å². The summed E-state index contributed by atoms with van der Waals surface area (Å²) in [6.07, 6.45) is 4.83. The predicted octanol–water partition coefficient (Wildman–Crippen LogP) is 2.97. The van der Waals surface area contributed by atoms with Crippen LogP contribution in [0.4, 0.5) is 0 Å². The normalized spacial score (nSPS) is 39.2. The smallest absolute Gasteiger partial charge is 0.0655 e. The molecule has 1 fully saturated rings. The van der Waals surface area contributed by atoms with Crippen molar-refractivity contribution in [2.45, 2.75) is 39.5 Å². The Bertz CT molecular complexity index is 157. The molecule has 0 radical (unpaired) electrons. The van der Waals surface area contributed by atoms with Crippen LogP contribution in [0.1, 0.15) is 39.5 Å². The molecule has 0 spiro atoms. The van der Waals surface area contributed by atoms with Gasteiger partial charge in [0.1, 0.15) is 0 Å². The maximum Gasteiger partial charge on any atom is 0.0655 e. The fourth-order valence-corrected chi connectivity index (χ4v) is 1.89. The zero-order valence-electron chi connectivity index (χ0n) is 7.51. The largest absolute Gasteiger partial charge is 0.198 e. The maximum absolute atomic E-state index is 8.77. The predicted molar refractivity (Wildman–Crippen MR) is 45.9 cm³/mol. The quantitative estimate of drug-likeness (QED) is 0.488. The highest BCUT2D eigenvalue weighted by molar-refractivity contribution is 4.86. The monoisotopic (exact) mass is 151 g/mol. The van der Waals surface area contributed by atoms with Crippen molar-refractivity contribution < 1.29 is 0 Å². The molecule has 0 aromatic carbocycles. The molecule has 0 saturated heterocycles. The minimum atomic E-state index is 0.343. The van der Waals surface area contributed by atoms with Gasteiger partial charge in [0.2, 0.25) is 0 Å². The SMILES string of the molecule is CC1CCCC(C#N)CC1C. The molecular formula is C10H17N. The van der Waals surface area contributed by atoms with Gasteiger partial charge in [-0.3, -0.25) is 0 Å². The average Bonchev–Trinajstić information content (AvgIpc) is 2.15. The van der Waals surface area contributed by atoms with Gasteiger partial charge in [0.05, 0.1) is 6.07 Å². The minimum absolute atomic E-state index is 0.343. The van der Waals surface area contributed by atoms with Gasteiger partial charge < -0.3 is 0 Å². The summed E-state index contributed by atoms with van der Waals surface area (Å²) in [6, 6.07) is 2.39. The summed E-state index contributed by atoms with van der Waals surface area (Å²) < 4.78 is 0. The lowest BCUT2D eigenvalue weighted by Crippen LogP contribution is -2.07. The van der Waals surface area contributed by atoms with E-state index in [4.69, 9.17) is 5.26 Å². The summed E-state index contributed by atoms with van der Waals surface area (Å²) in [7, 11) is 0. The van der Waals surface area contributed by atoms with E-state index in [1.165, 1.54) is 12.8 Å². The Kier molecular flexibility index (Phi) is 2.93. The van der Waals surface area contributed by atoms with Crippen molar-refractivity contribution in [3.63, 3.8) is 0 Å². The maximum atomic E-state index is 8.77. The van der Waals surface area contributed by atoms with Crippen LogP contribution in [0.25, 0.3) is 0 Å². The van der Waals surface area contributed by atoms with E-state index in [0.717, 1.165) is 24.7 Å². The van der Waals surface area contributed by atoms with E-state index < -0.39 is 0 Å². The van der Waals surface area contributed by atoms with E-state index in [-0.39, 0.29) is 0 Å². The number of nitrogens with zero attached hydrogens (tertiary/aromatic N) is 1. The zero-order chi connectivity index (χ0) is 8.27. The van der Waals surface area contributed by atoms with Gasteiger partial charge in [0.25, 0.3) is 0 Å². The highest BCUT2D eigenvalue weighted by Crippen LogP contribution is 2.30. The van der Waals surface area contributed by atoms with Gasteiger partial charge in [-0.25, -0.2) is 0 Å². The summed E-state index contributed by atoms with van der Waals surface area (Å²) in [6.45, 7) is 4.59. The third-order valence-electron chi connectivity index (χ3n) is 3.02. The van der Waals surface area contributed by atoms with Crippen LogP contribution in [-0.4, -0.2) is 0 Å². The first-order valence-electron chi connectivity index (χ1n) is 4.63. The van der Waals surface area contributed by atoms with Crippen LogP contribution in [0, 0.1) is 29.1 Å². The lowest BCUT2D eigenvalue weighted by molar-refractivity contribution is 0.353. The Morgan fingerprint density at radius 3 is 2.55 bits per heavy atom. The highest BCUT2D eigenvalue weighted by atomic mass is 14.3. The molecule has 1 heteroatoms. The lowest BCUT2D eigenvalue weighted by atomic mass is 9.89. The fraction of sp³-hybridized carbons (Fsp3) is 0.900. The van der Waals surface area contributed by atoms with Crippen LogP contribution in [0.2, 0.25) is 0 Å². The number of hydrogen-bond acceptors (Lipinski definition) is 1. The molecule has 3 unspecified atom stereocenters. The molecule has 0 aromatic rings. The van der Waals surface area contributed by atoms with Gasteiger partial charge in [0.15, 0.2) is 0 Å².